The Bertz CT molecular complexity index is 983. The maximum Gasteiger partial charge on any atom is 0.295 e. The Morgan fingerprint density at radius 3 is 2.59 bits per heavy atom. The van der Waals surface area contributed by atoms with Crippen LogP contribution in [-0.4, -0.2) is 35.4 Å². The number of aryl methyl sites for hydroxylation is 1. The quantitative estimate of drug-likeness (QED) is 0.377. The number of methoxy groups -OCH3 is 1. The second kappa shape index (κ2) is 8.82. The van der Waals surface area contributed by atoms with Crippen molar-refractivity contribution in [2.24, 2.45) is 0 Å². The number of ketones is 1. The summed E-state index contributed by atoms with van der Waals surface area (Å²) in [6.45, 7) is 4.36. The number of Topliss-reactive ketones (excluding diaryl/α,β-unsaturated/α-hetero) is 1. The molecule has 1 fully saturated rings. The first-order valence-electron chi connectivity index (χ1n) is 9.58. The van der Waals surface area contributed by atoms with Crippen molar-refractivity contribution in [1.82, 2.24) is 4.90 Å². The number of hydrogen-bond acceptors (Lipinski definition) is 4. The number of halogens is 1. The summed E-state index contributed by atoms with van der Waals surface area (Å²) in [5.41, 5.74) is 2.19. The summed E-state index contributed by atoms with van der Waals surface area (Å²) in [4.78, 5) is 27.4. The van der Waals surface area contributed by atoms with Crippen molar-refractivity contribution in [3.8, 4) is 5.75 Å². The molecule has 1 unspecified atom stereocenters. The van der Waals surface area contributed by atoms with Crippen LogP contribution in [0.25, 0.3) is 5.76 Å². The molecular weight excluding hydrogens is 434 g/mol. The van der Waals surface area contributed by atoms with Crippen molar-refractivity contribution in [3.63, 3.8) is 0 Å². The van der Waals surface area contributed by atoms with Crippen LogP contribution in [-0.2, 0) is 9.59 Å². The monoisotopic (exact) mass is 457 g/mol. The molecule has 6 heteroatoms. The highest BCUT2D eigenvalue weighted by molar-refractivity contribution is 9.10. The van der Waals surface area contributed by atoms with Crippen LogP contribution in [0.4, 0.5) is 0 Å². The highest BCUT2D eigenvalue weighted by Crippen LogP contribution is 2.42. The van der Waals surface area contributed by atoms with Crippen molar-refractivity contribution >= 4 is 33.4 Å². The lowest BCUT2D eigenvalue weighted by atomic mass is 9.94. The normalized spacial score (nSPS) is 18.3. The second-order valence-electron chi connectivity index (χ2n) is 7.05. The lowest BCUT2D eigenvalue weighted by molar-refractivity contribution is -0.139. The van der Waals surface area contributed by atoms with Crippen LogP contribution in [0.3, 0.4) is 0 Å². The summed E-state index contributed by atoms with van der Waals surface area (Å²) in [6, 6.07) is 11.9. The molecule has 0 saturated carbocycles. The van der Waals surface area contributed by atoms with E-state index in [1.807, 2.05) is 38.1 Å². The highest BCUT2D eigenvalue weighted by Gasteiger charge is 2.46. The van der Waals surface area contributed by atoms with E-state index in [-0.39, 0.29) is 11.3 Å². The lowest BCUT2D eigenvalue weighted by Gasteiger charge is -2.26. The molecule has 0 bridgehead atoms. The van der Waals surface area contributed by atoms with Crippen molar-refractivity contribution in [2.75, 3.05) is 13.7 Å². The molecule has 29 heavy (non-hydrogen) atoms. The van der Waals surface area contributed by atoms with Gasteiger partial charge in [0.25, 0.3) is 11.7 Å². The third-order valence-electron chi connectivity index (χ3n) is 5.16. The molecule has 0 aliphatic carbocycles. The second-order valence-corrected chi connectivity index (χ2v) is 7.91. The number of para-hydroxylation sites is 1. The Balaban J connectivity index is 2.22. The van der Waals surface area contributed by atoms with E-state index in [0.29, 0.717) is 23.4 Å². The molecule has 5 nitrogen and oxygen atoms in total. The van der Waals surface area contributed by atoms with Gasteiger partial charge >= 0.3 is 0 Å². The molecule has 1 saturated heterocycles. The number of carbonyl (C=O) groups is 2. The van der Waals surface area contributed by atoms with E-state index in [1.165, 1.54) is 0 Å². The minimum absolute atomic E-state index is 0.0947. The number of amides is 1. The van der Waals surface area contributed by atoms with E-state index in [2.05, 4.69) is 15.9 Å². The lowest BCUT2D eigenvalue weighted by Crippen LogP contribution is -2.30. The molecule has 1 aliphatic rings. The van der Waals surface area contributed by atoms with E-state index in [4.69, 9.17) is 4.74 Å². The fraction of sp³-hybridized carbons (Fsp3) is 0.304. The summed E-state index contributed by atoms with van der Waals surface area (Å²) in [6.07, 6.45) is 1.64. The van der Waals surface area contributed by atoms with Crippen molar-refractivity contribution in [2.45, 2.75) is 32.7 Å². The van der Waals surface area contributed by atoms with Crippen LogP contribution in [0.2, 0.25) is 0 Å². The van der Waals surface area contributed by atoms with Gasteiger partial charge in [-0.1, -0.05) is 53.5 Å². The fourth-order valence-electron chi connectivity index (χ4n) is 3.60. The average molecular weight is 458 g/mol. The van der Waals surface area contributed by atoms with E-state index < -0.39 is 17.7 Å². The van der Waals surface area contributed by atoms with E-state index in [9.17, 15) is 14.7 Å². The first-order valence-corrected chi connectivity index (χ1v) is 10.4. The number of benzene rings is 2. The van der Waals surface area contributed by atoms with Gasteiger partial charge < -0.3 is 14.7 Å². The van der Waals surface area contributed by atoms with Crippen LogP contribution in [0.5, 0.6) is 5.75 Å². The van der Waals surface area contributed by atoms with Crippen LogP contribution < -0.4 is 4.74 Å². The Hall–Kier alpha value is -2.60. The highest BCUT2D eigenvalue weighted by atomic mass is 79.9. The zero-order valence-corrected chi connectivity index (χ0v) is 18.3. The molecule has 1 heterocycles. The molecule has 2 aromatic rings. The maximum atomic E-state index is 13.0. The van der Waals surface area contributed by atoms with Crippen molar-refractivity contribution < 1.29 is 19.4 Å². The topological polar surface area (TPSA) is 66.8 Å². The average Bonchev–Trinajstić information content (AvgIpc) is 2.98. The number of nitrogens with zero attached hydrogens (tertiary/aromatic N) is 1. The van der Waals surface area contributed by atoms with Gasteiger partial charge in [0.2, 0.25) is 0 Å². The number of ether oxygens (including phenoxy) is 1. The van der Waals surface area contributed by atoms with Gasteiger partial charge in [0.1, 0.15) is 11.5 Å². The molecule has 0 aromatic heterocycles. The third kappa shape index (κ3) is 3.94. The summed E-state index contributed by atoms with van der Waals surface area (Å²) in [5.74, 6) is -0.868. The van der Waals surface area contributed by atoms with Gasteiger partial charge in [-0.15, -0.1) is 0 Å². The van der Waals surface area contributed by atoms with Gasteiger partial charge in [-0.25, -0.2) is 0 Å². The molecular formula is C23H24BrNO4. The Labute approximate surface area is 179 Å². The first kappa shape index (κ1) is 21.1. The zero-order valence-electron chi connectivity index (χ0n) is 16.7. The van der Waals surface area contributed by atoms with Gasteiger partial charge in [0.15, 0.2) is 0 Å². The number of rotatable bonds is 6. The molecule has 0 radical (unpaired) electrons. The third-order valence-corrected chi connectivity index (χ3v) is 6.05. The minimum atomic E-state index is -0.693. The Morgan fingerprint density at radius 1 is 1.21 bits per heavy atom. The SMILES string of the molecule is CCCCN1C(=O)C(=O)/C(=C(/O)c2ccc(Br)c(C)c2)C1c1ccccc1OC. The van der Waals surface area contributed by atoms with E-state index in [1.54, 1.807) is 30.2 Å². The number of likely N-dealkylation sites (tertiary alicyclic amines) is 1. The number of aliphatic hydroxyl groups excluding tert-OH is 1. The van der Waals surface area contributed by atoms with Gasteiger partial charge in [0, 0.05) is 22.1 Å². The first-order chi connectivity index (χ1) is 13.9. The molecule has 1 amide bonds. The zero-order chi connectivity index (χ0) is 21.1. The number of aliphatic hydroxyl groups is 1. The largest absolute Gasteiger partial charge is 0.507 e. The summed E-state index contributed by atoms with van der Waals surface area (Å²) in [5, 5.41) is 11.1. The van der Waals surface area contributed by atoms with Gasteiger partial charge in [-0.2, -0.15) is 0 Å². The van der Waals surface area contributed by atoms with Crippen LogP contribution >= 0.6 is 15.9 Å². The molecule has 1 atom stereocenters. The summed E-state index contributed by atoms with van der Waals surface area (Å²) < 4.78 is 6.39. The van der Waals surface area contributed by atoms with Crippen LogP contribution in [0.15, 0.2) is 52.5 Å². The summed E-state index contributed by atoms with van der Waals surface area (Å²) >= 11 is 3.45. The van der Waals surface area contributed by atoms with Crippen LogP contribution in [0.1, 0.15) is 42.5 Å². The standard InChI is InChI=1S/C23H24BrNO4/c1-4-5-12-25-20(16-8-6-7-9-18(16)29-3)19(22(27)23(25)28)21(26)15-10-11-17(24)14(2)13-15/h6-11,13,20,26H,4-5,12H2,1-3H3/b21-19+. The number of hydrogen-bond donors (Lipinski definition) is 1. The molecule has 152 valence electrons. The van der Waals surface area contributed by atoms with E-state index in [0.717, 1.165) is 22.9 Å². The molecule has 0 spiro atoms. The smallest absolute Gasteiger partial charge is 0.295 e. The number of carbonyl (C=O) groups excluding carboxylic acids is 2. The van der Waals surface area contributed by atoms with Gasteiger partial charge in [-0.3, -0.25) is 9.59 Å². The fourth-order valence-corrected chi connectivity index (χ4v) is 3.85. The summed E-state index contributed by atoms with van der Waals surface area (Å²) in [7, 11) is 1.55. The van der Waals surface area contributed by atoms with Crippen molar-refractivity contribution in [1.29, 1.82) is 0 Å². The Kier molecular flexibility index (Phi) is 6.42. The molecule has 3 rings (SSSR count). The maximum absolute atomic E-state index is 13.0. The van der Waals surface area contributed by atoms with E-state index >= 15 is 0 Å². The molecule has 2 aromatic carbocycles. The van der Waals surface area contributed by atoms with Crippen molar-refractivity contribution in [3.05, 3.63) is 69.2 Å². The molecule has 1 aliphatic heterocycles. The van der Waals surface area contributed by atoms with Gasteiger partial charge in [-0.05, 0) is 37.1 Å². The predicted molar refractivity (Wildman–Crippen MR) is 116 cm³/mol. The number of unbranched alkanes of at least 4 members (excludes halogenated alkanes) is 1. The predicted octanol–water partition coefficient (Wildman–Crippen LogP) is 4.99. The van der Waals surface area contributed by atoms with Crippen LogP contribution in [0, 0.1) is 6.92 Å². The Morgan fingerprint density at radius 2 is 1.93 bits per heavy atom. The minimum Gasteiger partial charge on any atom is -0.507 e. The molecule has 1 N–H and O–H groups in total. The van der Waals surface area contributed by atoms with Gasteiger partial charge in [0.05, 0.1) is 18.7 Å².